The summed E-state index contributed by atoms with van der Waals surface area (Å²) in [6.07, 6.45) is 4.60. The number of hydrogen-bond acceptors (Lipinski definition) is 6. The van der Waals surface area contributed by atoms with Crippen LogP contribution in [-0.4, -0.2) is 38.7 Å². The van der Waals surface area contributed by atoms with Crippen molar-refractivity contribution >= 4 is 11.7 Å². The van der Waals surface area contributed by atoms with E-state index in [1.54, 1.807) is 13.1 Å². The first-order valence-corrected chi connectivity index (χ1v) is 11.5. The number of amides is 1. The number of carbonyl (C=O) groups is 1. The molecule has 2 fully saturated rings. The first-order valence-electron chi connectivity index (χ1n) is 11.5. The summed E-state index contributed by atoms with van der Waals surface area (Å²) in [5.74, 6) is 7.10. The standard InChI is InChI=1S/C26H28N6O2/c1-2-6-23(33)31-12-11-26(17-31)13-19(14-26)32-25(28)21(15-27)24(30-32)18-9-10-22(29-16-18)34-20-7-4-3-5-8-20/h3-5,7-10,16,19H,11-15,17,27-28H2,1H3. The Morgan fingerprint density at radius 1 is 1.24 bits per heavy atom. The van der Waals surface area contributed by atoms with Gasteiger partial charge in [0.05, 0.1) is 6.04 Å². The van der Waals surface area contributed by atoms with Gasteiger partial charge in [-0.3, -0.25) is 4.79 Å². The first kappa shape index (κ1) is 22.0. The molecule has 0 atom stereocenters. The fourth-order valence-corrected chi connectivity index (χ4v) is 5.12. The summed E-state index contributed by atoms with van der Waals surface area (Å²) in [6.45, 7) is 3.49. The highest BCUT2D eigenvalue weighted by atomic mass is 16.5. The molecule has 8 nitrogen and oxygen atoms in total. The lowest BCUT2D eigenvalue weighted by Crippen LogP contribution is -2.42. The van der Waals surface area contributed by atoms with Gasteiger partial charge in [0.1, 0.15) is 17.3 Å². The molecular formula is C26H28N6O2. The highest BCUT2D eigenvalue weighted by Gasteiger charge is 2.50. The Morgan fingerprint density at radius 2 is 2.03 bits per heavy atom. The van der Waals surface area contributed by atoms with E-state index >= 15 is 0 Å². The molecular weight excluding hydrogens is 428 g/mol. The zero-order chi connectivity index (χ0) is 23.7. The number of nitrogens with zero attached hydrogens (tertiary/aromatic N) is 4. The number of ether oxygens (including phenoxy) is 1. The summed E-state index contributed by atoms with van der Waals surface area (Å²) in [5.41, 5.74) is 15.1. The fraction of sp³-hybridized carbons (Fsp3) is 0.346. The number of aromatic nitrogens is 3. The van der Waals surface area contributed by atoms with Gasteiger partial charge in [-0.05, 0) is 55.7 Å². The Morgan fingerprint density at radius 3 is 2.71 bits per heavy atom. The van der Waals surface area contributed by atoms with Crippen molar-refractivity contribution in [3.05, 3.63) is 54.2 Å². The molecule has 2 aliphatic rings. The highest BCUT2D eigenvalue weighted by Crippen LogP contribution is 2.54. The second kappa shape index (κ2) is 8.84. The minimum Gasteiger partial charge on any atom is -0.439 e. The third-order valence-corrected chi connectivity index (χ3v) is 6.87. The average molecular weight is 457 g/mol. The zero-order valence-electron chi connectivity index (χ0n) is 19.2. The molecule has 1 aliphatic heterocycles. The van der Waals surface area contributed by atoms with Crippen molar-refractivity contribution in [3.8, 4) is 34.7 Å². The number of nitrogen functional groups attached to an aromatic ring is 1. The second-order valence-electron chi connectivity index (χ2n) is 9.08. The van der Waals surface area contributed by atoms with E-state index in [2.05, 4.69) is 16.8 Å². The fourth-order valence-electron chi connectivity index (χ4n) is 5.12. The predicted molar refractivity (Wildman–Crippen MR) is 130 cm³/mol. The van der Waals surface area contributed by atoms with Gasteiger partial charge in [-0.2, -0.15) is 5.10 Å². The third kappa shape index (κ3) is 3.99. The number of rotatable bonds is 5. The molecule has 3 heterocycles. The van der Waals surface area contributed by atoms with Gasteiger partial charge in [-0.1, -0.05) is 24.1 Å². The number of pyridine rings is 1. The van der Waals surface area contributed by atoms with Crippen LogP contribution >= 0.6 is 0 Å². The summed E-state index contributed by atoms with van der Waals surface area (Å²) in [4.78, 5) is 18.4. The van der Waals surface area contributed by atoms with Crippen LogP contribution in [0.3, 0.4) is 0 Å². The van der Waals surface area contributed by atoms with Crippen LogP contribution in [0.15, 0.2) is 48.7 Å². The van der Waals surface area contributed by atoms with Crippen LogP contribution in [0, 0.1) is 17.3 Å². The van der Waals surface area contributed by atoms with Gasteiger partial charge in [0.15, 0.2) is 0 Å². The largest absolute Gasteiger partial charge is 0.439 e. The number of carbonyl (C=O) groups excluding carboxylic acids is 1. The molecule has 174 valence electrons. The van der Waals surface area contributed by atoms with Gasteiger partial charge >= 0.3 is 0 Å². The summed E-state index contributed by atoms with van der Waals surface area (Å²) >= 11 is 0. The molecule has 1 aliphatic carbocycles. The third-order valence-electron chi connectivity index (χ3n) is 6.87. The molecule has 5 rings (SSSR count). The molecule has 34 heavy (non-hydrogen) atoms. The van der Waals surface area contributed by atoms with Crippen LogP contribution in [0.2, 0.25) is 0 Å². The van der Waals surface area contributed by atoms with Crippen molar-refractivity contribution in [2.24, 2.45) is 11.1 Å². The Bertz CT molecular complexity index is 1250. The SMILES string of the molecule is CC#CC(=O)N1CCC2(CC(n3nc(-c4ccc(Oc5ccccc5)nc4)c(CN)c3N)C2)C1. The Hall–Kier alpha value is -3.83. The van der Waals surface area contributed by atoms with Crippen molar-refractivity contribution in [1.82, 2.24) is 19.7 Å². The average Bonchev–Trinajstić information content (AvgIpc) is 3.41. The normalized spacial score (nSPS) is 21.1. The number of anilines is 1. The van der Waals surface area contributed by atoms with E-state index in [9.17, 15) is 4.79 Å². The number of hydrogen-bond donors (Lipinski definition) is 2. The lowest BCUT2D eigenvalue weighted by molar-refractivity contribution is -0.125. The van der Waals surface area contributed by atoms with Crippen LogP contribution in [0.5, 0.6) is 11.6 Å². The number of benzene rings is 1. The van der Waals surface area contributed by atoms with E-state index in [1.807, 2.05) is 52.0 Å². The van der Waals surface area contributed by atoms with Crippen LogP contribution < -0.4 is 16.2 Å². The van der Waals surface area contributed by atoms with Crippen molar-refractivity contribution in [1.29, 1.82) is 0 Å². The van der Waals surface area contributed by atoms with E-state index in [0.29, 0.717) is 18.2 Å². The quantitative estimate of drug-likeness (QED) is 0.570. The molecule has 4 N–H and O–H groups in total. The smallest absolute Gasteiger partial charge is 0.298 e. The monoisotopic (exact) mass is 456 g/mol. The maximum Gasteiger partial charge on any atom is 0.298 e. The van der Waals surface area contributed by atoms with Crippen molar-refractivity contribution in [3.63, 3.8) is 0 Å². The highest BCUT2D eigenvalue weighted by molar-refractivity contribution is 5.93. The van der Waals surface area contributed by atoms with Crippen molar-refractivity contribution in [2.45, 2.75) is 38.8 Å². The van der Waals surface area contributed by atoms with Gasteiger partial charge in [0.25, 0.3) is 5.91 Å². The molecule has 0 bridgehead atoms. The molecule has 1 aromatic carbocycles. The Balaban J connectivity index is 1.31. The van der Waals surface area contributed by atoms with Gasteiger partial charge in [-0.25, -0.2) is 9.67 Å². The number of para-hydroxylation sites is 1. The molecule has 0 radical (unpaired) electrons. The minimum atomic E-state index is -0.0821. The van der Waals surface area contributed by atoms with Gasteiger partial charge < -0.3 is 21.1 Å². The zero-order valence-corrected chi connectivity index (χ0v) is 19.2. The lowest BCUT2D eigenvalue weighted by Gasteiger charge is -2.45. The van der Waals surface area contributed by atoms with E-state index in [0.717, 1.165) is 54.9 Å². The molecule has 0 unspecified atom stereocenters. The van der Waals surface area contributed by atoms with Gasteiger partial charge in [0.2, 0.25) is 5.88 Å². The van der Waals surface area contributed by atoms with E-state index < -0.39 is 0 Å². The van der Waals surface area contributed by atoms with E-state index in [4.69, 9.17) is 21.3 Å². The minimum absolute atomic E-state index is 0.0821. The van der Waals surface area contributed by atoms with E-state index in [-0.39, 0.29) is 17.4 Å². The molecule has 1 saturated heterocycles. The van der Waals surface area contributed by atoms with Gasteiger partial charge in [-0.15, -0.1) is 0 Å². The number of nitrogens with two attached hydrogens (primary N) is 2. The van der Waals surface area contributed by atoms with E-state index in [1.165, 1.54) is 0 Å². The van der Waals surface area contributed by atoms with Crippen LogP contribution in [0.4, 0.5) is 5.82 Å². The Labute approximate surface area is 198 Å². The molecule has 1 saturated carbocycles. The van der Waals surface area contributed by atoms with Crippen LogP contribution in [0.25, 0.3) is 11.3 Å². The van der Waals surface area contributed by atoms with Crippen LogP contribution in [-0.2, 0) is 11.3 Å². The van der Waals surface area contributed by atoms with Crippen LogP contribution in [0.1, 0.15) is 37.8 Å². The summed E-state index contributed by atoms with van der Waals surface area (Å²) in [6, 6.07) is 13.5. The first-order chi connectivity index (χ1) is 16.5. The summed E-state index contributed by atoms with van der Waals surface area (Å²) in [7, 11) is 0. The molecule has 1 spiro atoms. The number of likely N-dealkylation sites (tertiary alicyclic amines) is 1. The Kier molecular flexibility index (Phi) is 5.72. The molecule has 2 aromatic heterocycles. The lowest BCUT2D eigenvalue weighted by atomic mass is 9.65. The maximum atomic E-state index is 12.1. The maximum absolute atomic E-state index is 12.1. The topological polar surface area (TPSA) is 112 Å². The summed E-state index contributed by atoms with van der Waals surface area (Å²) < 4.78 is 7.70. The van der Waals surface area contributed by atoms with Gasteiger partial charge in [0, 0.05) is 43.0 Å². The molecule has 3 aromatic rings. The van der Waals surface area contributed by atoms with Crippen molar-refractivity contribution in [2.75, 3.05) is 18.8 Å². The summed E-state index contributed by atoms with van der Waals surface area (Å²) in [5, 5.41) is 4.85. The van der Waals surface area contributed by atoms with Crippen molar-refractivity contribution < 1.29 is 9.53 Å². The molecule has 8 heteroatoms. The second-order valence-corrected chi connectivity index (χ2v) is 9.08. The molecule has 1 amide bonds. The predicted octanol–water partition coefficient (Wildman–Crippen LogP) is 3.36.